The number of hydrogen-bond donors (Lipinski definition) is 1. The molecule has 2 rings (SSSR count). The minimum Gasteiger partial charge on any atom is -0.378 e. The minimum absolute atomic E-state index is 0. The zero-order valence-corrected chi connectivity index (χ0v) is 16.0. The molecule has 0 amide bonds. The Balaban J connectivity index is 0.00000220. The average Bonchev–Trinajstić information content (AvgIpc) is 2.97. The lowest BCUT2D eigenvalue weighted by molar-refractivity contribution is 0.0573. The van der Waals surface area contributed by atoms with Gasteiger partial charge in [-0.15, -0.1) is 24.0 Å². The first kappa shape index (κ1) is 19.0. The fourth-order valence-corrected chi connectivity index (χ4v) is 3.13. The van der Waals surface area contributed by atoms with Gasteiger partial charge in [0, 0.05) is 33.3 Å². The highest BCUT2D eigenvalue weighted by Gasteiger charge is 2.18. The highest BCUT2D eigenvalue weighted by atomic mass is 127. The van der Waals surface area contributed by atoms with Crippen molar-refractivity contribution in [3.63, 3.8) is 0 Å². The van der Waals surface area contributed by atoms with Crippen LogP contribution < -0.4 is 5.32 Å². The summed E-state index contributed by atoms with van der Waals surface area (Å²) in [5.74, 6) is 1.93. The topological polar surface area (TPSA) is 36.9 Å². The Bertz CT molecular complexity index is 298. The predicted octanol–water partition coefficient (Wildman–Crippen LogP) is 3.26. The maximum atomic E-state index is 5.88. The number of likely N-dealkylation sites (tertiary alicyclic amines) is 1. The Morgan fingerprint density at radius 3 is 2.48 bits per heavy atom. The molecule has 0 spiro atoms. The zero-order valence-electron chi connectivity index (χ0n) is 13.6. The molecule has 0 unspecified atom stereocenters. The molecule has 1 saturated carbocycles. The third-order valence-corrected chi connectivity index (χ3v) is 4.55. The number of piperidine rings is 1. The molecule has 0 atom stereocenters. The van der Waals surface area contributed by atoms with Crippen LogP contribution in [0.1, 0.15) is 51.9 Å². The van der Waals surface area contributed by atoms with E-state index >= 15 is 0 Å². The molecule has 0 bridgehead atoms. The summed E-state index contributed by atoms with van der Waals surface area (Å²) in [6, 6.07) is 0. The lowest BCUT2D eigenvalue weighted by Crippen LogP contribution is -2.45. The fourth-order valence-electron chi connectivity index (χ4n) is 3.13. The number of rotatable bonds is 5. The summed E-state index contributed by atoms with van der Waals surface area (Å²) in [7, 11) is 1.88. The number of nitrogens with one attached hydrogen (secondary N) is 1. The van der Waals surface area contributed by atoms with E-state index in [4.69, 9.17) is 4.74 Å². The van der Waals surface area contributed by atoms with Crippen molar-refractivity contribution < 1.29 is 4.74 Å². The van der Waals surface area contributed by atoms with Gasteiger partial charge in [0.2, 0.25) is 0 Å². The monoisotopic (exact) mass is 409 g/mol. The molecule has 0 aromatic rings. The van der Waals surface area contributed by atoms with Gasteiger partial charge in [-0.2, -0.15) is 0 Å². The van der Waals surface area contributed by atoms with Crippen molar-refractivity contribution in [2.45, 2.75) is 58.0 Å². The van der Waals surface area contributed by atoms with Crippen LogP contribution in [-0.2, 0) is 4.74 Å². The molecule has 0 aromatic carbocycles. The van der Waals surface area contributed by atoms with Crippen molar-refractivity contribution in [3.05, 3.63) is 0 Å². The van der Waals surface area contributed by atoms with Crippen molar-refractivity contribution >= 4 is 29.9 Å². The van der Waals surface area contributed by atoms with E-state index in [9.17, 15) is 0 Å². The molecule has 124 valence electrons. The van der Waals surface area contributed by atoms with Crippen LogP contribution in [0.5, 0.6) is 0 Å². The summed E-state index contributed by atoms with van der Waals surface area (Å²) >= 11 is 0. The van der Waals surface area contributed by atoms with Gasteiger partial charge >= 0.3 is 0 Å². The van der Waals surface area contributed by atoms with Crippen LogP contribution in [0.2, 0.25) is 0 Å². The smallest absolute Gasteiger partial charge is 0.193 e. The van der Waals surface area contributed by atoms with Gasteiger partial charge in [0.1, 0.15) is 0 Å². The Kier molecular flexibility index (Phi) is 9.64. The van der Waals surface area contributed by atoms with Crippen LogP contribution in [0.25, 0.3) is 0 Å². The number of ether oxygens (including phenoxy) is 1. The second kappa shape index (κ2) is 10.6. The van der Waals surface area contributed by atoms with Crippen LogP contribution >= 0.6 is 24.0 Å². The van der Waals surface area contributed by atoms with Crippen LogP contribution in [-0.4, -0.2) is 50.3 Å². The summed E-state index contributed by atoms with van der Waals surface area (Å²) in [4.78, 5) is 6.79. The van der Waals surface area contributed by atoms with Gasteiger partial charge in [-0.3, -0.25) is 4.99 Å². The molecule has 1 aliphatic carbocycles. The second-order valence-electron chi connectivity index (χ2n) is 6.27. The number of aliphatic imine (C=N–C) groups is 1. The second-order valence-corrected chi connectivity index (χ2v) is 6.27. The highest BCUT2D eigenvalue weighted by molar-refractivity contribution is 14.0. The lowest BCUT2D eigenvalue weighted by atomic mass is 10.00. The highest BCUT2D eigenvalue weighted by Crippen LogP contribution is 2.20. The van der Waals surface area contributed by atoms with E-state index in [-0.39, 0.29) is 24.0 Å². The molecule has 2 aliphatic rings. The van der Waals surface area contributed by atoms with E-state index in [0.717, 1.165) is 44.5 Å². The summed E-state index contributed by atoms with van der Waals surface area (Å²) in [5, 5.41) is 3.48. The molecule has 5 heteroatoms. The first-order valence-electron chi connectivity index (χ1n) is 8.37. The number of halogens is 1. The van der Waals surface area contributed by atoms with E-state index < -0.39 is 0 Å². The van der Waals surface area contributed by atoms with Crippen molar-refractivity contribution in [2.75, 3.05) is 33.3 Å². The third kappa shape index (κ3) is 6.72. The first-order chi connectivity index (χ1) is 9.79. The van der Waals surface area contributed by atoms with Gasteiger partial charge in [0.05, 0.1) is 6.10 Å². The van der Waals surface area contributed by atoms with Gasteiger partial charge < -0.3 is 15.0 Å². The number of hydrogen-bond acceptors (Lipinski definition) is 2. The summed E-state index contributed by atoms with van der Waals surface area (Å²) in [6.07, 6.45) is 9.41. The zero-order chi connectivity index (χ0) is 14.2. The minimum atomic E-state index is 0. The first-order valence-corrected chi connectivity index (χ1v) is 8.37. The van der Waals surface area contributed by atoms with Crippen molar-refractivity contribution in [1.29, 1.82) is 0 Å². The van der Waals surface area contributed by atoms with Crippen molar-refractivity contribution in [2.24, 2.45) is 10.9 Å². The Morgan fingerprint density at radius 2 is 1.86 bits per heavy atom. The SMILES string of the molecule is CN=C(NCCCOC1CCCC1)N1CCC(C)CC1.I. The molecule has 1 heterocycles. The van der Waals surface area contributed by atoms with Gasteiger partial charge in [-0.1, -0.05) is 19.8 Å². The predicted molar refractivity (Wildman–Crippen MR) is 99.6 cm³/mol. The third-order valence-electron chi connectivity index (χ3n) is 4.55. The van der Waals surface area contributed by atoms with Crippen molar-refractivity contribution in [1.82, 2.24) is 10.2 Å². The lowest BCUT2D eigenvalue weighted by Gasteiger charge is -2.32. The molecule has 0 aromatic heterocycles. The van der Waals surface area contributed by atoms with E-state index in [1.807, 2.05) is 7.05 Å². The molecule has 1 aliphatic heterocycles. The average molecular weight is 409 g/mol. The van der Waals surface area contributed by atoms with Crippen LogP contribution in [0.3, 0.4) is 0 Å². The molecular weight excluding hydrogens is 377 g/mol. The molecule has 21 heavy (non-hydrogen) atoms. The van der Waals surface area contributed by atoms with Gasteiger partial charge in [-0.25, -0.2) is 0 Å². The Labute approximate surface area is 147 Å². The van der Waals surface area contributed by atoms with E-state index in [2.05, 4.69) is 22.1 Å². The van der Waals surface area contributed by atoms with E-state index in [0.29, 0.717) is 6.10 Å². The van der Waals surface area contributed by atoms with E-state index in [1.54, 1.807) is 0 Å². The Hall–Kier alpha value is -0.0400. The van der Waals surface area contributed by atoms with Gasteiger partial charge in [-0.05, 0) is 38.0 Å². The standard InChI is InChI=1S/C16H31N3O.HI/c1-14-8-11-19(12-9-14)16(17-2)18-10-5-13-20-15-6-3-4-7-15;/h14-15H,3-13H2,1-2H3,(H,17,18);1H. The maximum absolute atomic E-state index is 5.88. The number of nitrogens with zero attached hydrogens (tertiary/aromatic N) is 2. The fraction of sp³-hybridized carbons (Fsp3) is 0.938. The molecule has 4 nitrogen and oxygen atoms in total. The van der Waals surface area contributed by atoms with Gasteiger partial charge in [0.25, 0.3) is 0 Å². The molecule has 1 N–H and O–H groups in total. The molecular formula is C16H32IN3O. The molecule has 2 fully saturated rings. The maximum Gasteiger partial charge on any atom is 0.193 e. The van der Waals surface area contributed by atoms with Crippen LogP contribution in [0.15, 0.2) is 4.99 Å². The Morgan fingerprint density at radius 1 is 1.19 bits per heavy atom. The summed E-state index contributed by atoms with van der Waals surface area (Å²) in [5.41, 5.74) is 0. The van der Waals surface area contributed by atoms with Crippen molar-refractivity contribution in [3.8, 4) is 0 Å². The quantitative estimate of drug-likeness (QED) is 0.328. The largest absolute Gasteiger partial charge is 0.378 e. The van der Waals surface area contributed by atoms with Crippen LogP contribution in [0.4, 0.5) is 0 Å². The normalized spacial score (nSPS) is 21.4. The summed E-state index contributed by atoms with van der Waals surface area (Å²) < 4.78 is 5.88. The molecule has 0 radical (unpaired) electrons. The summed E-state index contributed by atoms with van der Waals surface area (Å²) in [6.45, 7) is 6.46. The van der Waals surface area contributed by atoms with Crippen LogP contribution in [0, 0.1) is 5.92 Å². The van der Waals surface area contributed by atoms with E-state index in [1.165, 1.54) is 38.5 Å². The number of guanidine groups is 1. The molecule has 1 saturated heterocycles. The van der Waals surface area contributed by atoms with Gasteiger partial charge in [0.15, 0.2) is 5.96 Å².